The number of para-hydroxylation sites is 1. The molecule has 1 fully saturated rings. The summed E-state index contributed by atoms with van der Waals surface area (Å²) >= 11 is 0. The van der Waals surface area contributed by atoms with Gasteiger partial charge in [-0.25, -0.2) is 0 Å². The number of rotatable bonds is 5. The van der Waals surface area contributed by atoms with Gasteiger partial charge >= 0.3 is 0 Å². The van der Waals surface area contributed by atoms with Crippen LogP contribution in [0.15, 0.2) is 54.6 Å². The second-order valence-corrected chi connectivity index (χ2v) is 7.11. The number of hydrogen-bond donors (Lipinski definition) is 0. The van der Waals surface area contributed by atoms with Gasteiger partial charge in [-0.1, -0.05) is 30.3 Å². The van der Waals surface area contributed by atoms with Crippen LogP contribution in [0, 0.1) is 0 Å². The molecule has 4 amide bonds. The molecule has 8 nitrogen and oxygen atoms in total. The van der Waals surface area contributed by atoms with E-state index in [9.17, 15) is 19.2 Å². The van der Waals surface area contributed by atoms with Crippen LogP contribution in [0.2, 0.25) is 0 Å². The van der Waals surface area contributed by atoms with Gasteiger partial charge in [-0.15, -0.1) is 0 Å². The van der Waals surface area contributed by atoms with E-state index in [0.29, 0.717) is 43.1 Å². The molecular weight excluding hydrogens is 386 g/mol. The molecule has 4 rings (SSSR count). The monoisotopic (exact) mass is 407 g/mol. The Morgan fingerprint density at radius 3 is 1.80 bits per heavy atom. The van der Waals surface area contributed by atoms with Gasteiger partial charge in [0.25, 0.3) is 17.7 Å². The summed E-state index contributed by atoms with van der Waals surface area (Å²) in [5.41, 5.74) is 0.647. The lowest BCUT2D eigenvalue weighted by molar-refractivity contribution is -0.140. The average molecular weight is 407 g/mol. The summed E-state index contributed by atoms with van der Waals surface area (Å²) in [4.78, 5) is 54.0. The van der Waals surface area contributed by atoms with E-state index < -0.39 is 11.8 Å². The zero-order chi connectivity index (χ0) is 21.1. The molecule has 0 bridgehead atoms. The predicted octanol–water partition coefficient (Wildman–Crippen LogP) is 1.03. The number of imide groups is 1. The van der Waals surface area contributed by atoms with Gasteiger partial charge in [0.05, 0.1) is 11.1 Å². The summed E-state index contributed by atoms with van der Waals surface area (Å²) in [5, 5.41) is 0. The van der Waals surface area contributed by atoms with Gasteiger partial charge in [-0.3, -0.25) is 24.1 Å². The van der Waals surface area contributed by atoms with Crippen LogP contribution in [0.5, 0.6) is 5.75 Å². The van der Waals surface area contributed by atoms with Crippen molar-refractivity contribution in [3.63, 3.8) is 0 Å². The highest BCUT2D eigenvalue weighted by Crippen LogP contribution is 2.22. The van der Waals surface area contributed by atoms with E-state index in [1.54, 1.807) is 46.2 Å². The van der Waals surface area contributed by atoms with Crippen LogP contribution in [0.3, 0.4) is 0 Å². The number of carbonyl (C=O) groups excluding carboxylic acids is 4. The quantitative estimate of drug-likeness (QED) is 0.691. The average Bonchev–Trinajstić information content (AvgIpc) is 3.03. The molecule has 154 valence electrons. The first kappa shape index (κ1) is 19.6. The summed E-state index contributed by atoms with van der Waals surface area (Å²) in [6.07, 6.45) is 0. The van der Waals surface area contributed by atoms with Gasteiger partial charge in [0.1, 0.15) is 12.3 Å². The minimum absolute atomic E-state index is 0.0625. The van der Waals surface area contributed by atoms with Crippen molar-refractivity contribution in [3.05, 3.63) is 65.7 Å². The van der Waals surface area contributed by atoms with Crippen molar-refractivity contribution >= 4 is 23.6 Å². The first-order chi connectivity index (χ1) is 14.5. The minimum Gasteiger partial charge on any atom is -0.484 e. The van der Waals surface area contributed by atoms with E-state index in [1.165, 1.54) is 0 Å². The topological polar surface area (TPSA) is 87.2 Å². The van der Waals surface area contributed by atoms with Gasteiger partial charge in [0.15, 0.2) is 6.61 Å². The maximum atomic E-state index is 12.6. The maximum Gasteiger partial charge on any atom is 0.262 e. The highest BCUT2D eigenvalue weighted by Gasteiger charge is 2.37. The molecule has 0 unspecified atom stereocenters. The molecule has 2 aliphatic heterocycles. The van der Waals surface area contributed by atoms with Gasteiger partial charge < -0.3 is 14.5 Å². The molecule has 2 aromatic rings. The first-order valence-corrected chi connectivity index (χ1v) is 9.73. The third kappa shape index (κ3) is 3.89. The second-order valence-electron chi connectivity index (χ2n) is 7.11. The van der Waals surface area contributed by atoms with Gasteiger partial charge in [0.2, 0.25) is 5.91 Å². The smallest absolute Gasteiger partial charge is 0.262 e. The van der Waals surface area contributed by atoms with Crippen molar-refractivity contribution in [1.82, 2.24) is 14.7 Å². The summed E-state index contributed by atoms with van der Waals surface area (Å²) < 4.78 is 5.48. The van der Waals surface area contributed by atoms with Crippen molar-refractivity contribution in [2.24, 2.45) is 0 Å². The zero-order valence-corrected chi connectivity index (χ0v) is 16.3. The van der Waals surface area contributed by atoms with Crippen LogP contribution in [0.25, 0.3) is 0 Å². The first-order valence-electron chi connectivity index (χ1n) is 9.73. The lowest BCUT2D eigenvalue weighted by Crippen LogP contribution is -2.53. The van der Waals surface area contributed by atoms with E-state index in [4.69, 9.17) is 4.74 Å². The van der Waals surface area contributed by atoms with Crippen molar-refractivity contribution in [1.29, 1.82) is 0 Å². The Hall–Kier alpha value is -3.68. The highest BCUT2D eigenvalue weighted by atomic mass is 16.5. The van der Waals surface area contributed by atoms with Crippen molar-refractivity contribution in [2.75, 3.05) is 39.3 Å². The molecule has 0 aliphatic carbocycles. The number of hydrogen-bond acceptors (Lipinski definition) is 5. The Labute approximate surface area is 173 Å². The fourth-order valence-electron chi connectivity index (χ4n) is 3.58. The molecule has 1 saturated heterocycles. The fraction of sp³-hybridized carbons (Fsp3) is 0.273. The van der Waals surface area contributed by atoms with Crippen molar-refractivity contribution in [2.45, 2.75) is 0 Å². The summed E-state index contributed by atoms with van der Waals surface area (Å²) in [5.74, 6) is -0.726. The fourth-order valence-corrected chi connectivity index (χ4v) is 3.58. The molecule has 0 spiro atoms. The van der Waals surface area contributed by atoms with Gasteiger partial charge in [-0.05, 0) is 24.3 Å². The normalized spacial score (nSPS) is 15.9. The molecular formula is C22H21N3O5. The van der Waals surface area contributed by atoms with Gasteiger partial charge in [-0.2, -0.15) is 0 Å². The number of ether oxygens (including phenoxy) is 1. The molecule has 0 radical (unpaired) electrons. The Morgan fingerprint density at radius 1 is 0.733 bits per heavy atom. The van der Waals surface area contributed by atoms with Crippen LogP contribution in [-0.4, -0.2) is 77.7 Å². The Balaban J connectivity index is 1.27. The van der Waals surface area contributed by atoms with E-state index in [-0.39, 0.29) is 25.0 Å². The number of carbonyl (C=O) groups is 4. The minimum atomic E-state index is -0.448. The second kappa shape index (κ2) is 8.36. The van der Waals surface area contributed by atoms with E-state index in [0.717, 1.165) is 4.90 Å². The molecule has 0 saturated carbocycles. The van der Waals surface area contributed by atoms with Crippen LogP contribution in [-0.2, 0) is 9.59 Å². The maximum absolute atomic E-state index is 12.6. The zero-order valence-electron chi connectivity index (χ0n) is 16.3. The molecule has 2 heterocycles. The van der Waals surface area contributed by atoms with E-state index in [1.807, 2.05) is 18.2 Å². The largest absolute Gasteiger partial charge is 0.484 e. The highest BCUT2D eigenvalue weighted by molar-refractivity contribution is 6.22. The Morgan fingerprint density at radius 2 is 1.23 bits per heavy atom. The number of fused-ring (bicyclic) bond motifs is 1. The number of amides is 4. The Bertz CT molecular complexity index is 948. The lowest BCUT2D eigenvalue weighted by Gasteiger charge is -2.35. The van der Waals surface area contributed by atoms with Crippen molar-refractivity contribution in [3.8, 4) is 5.75 Å². The van der Waals surface area contributed by atoms with Gasteiger partial charge in [0, 0.05) is 26.2 Å². The molecule has 8 heteroatoms. The molecule has 2 aromatic carbocycles. The lowest BCUT2D eigenvalue weighted by atomic mass is 10.1. The summed E-state index contributed by atoms with van der Waals surface area (Å²) in [6.45, 7) is 1.10. The molecule has 0 aromatic heterocycles. The predicted molar refractivity (Wildman–Crippen MR) is 107 cm³/mol. The Kier molecular flexibility index (Phi) is 5.47. The number of piperazine rings is 1. The third-order valence-corrected chi connectivity index (χ3v) is 5.26. The number of benzene rings is 2. The SMILES string of the molecule is O=C(COc1ccccc1)N1CCN(C(=O)CN2C(=O)c3ccccc3C2=O)CC1. The summed E-state index contributed by atoms with van der Waals surface area (Å²) in [7, 11) is 0. The summed E-state index contributed by atoms with van der Waals surface area (Å²) in [6, 6.07) is 15.6. The molecule has 30 heavy (non-hydrogen) atoms. The molecule has 0 atom stereocenters. The van der Waals surface area contributed by atoms with Crippen LogP contribution < -0.4 is 4.74 Å². The molecule has 2 aliphatic rings. The molecule has 0 N–H and O–H groups in total. The standard InChI is InChI=1S/C22H21N3O5/c26-19(14-25-21(28)17-8-4-5-9-18(17)22(25)29)23-10-12-24(13-11-23)20(27)15-30-16-6-2-1-3-7-16/h1-9H,10-15H2. The van der Waals surface area contributed by atoms with Crippen LogP contribution >= 0.6 is 0 Å². The third-order valence-electron chi connectivity index (χ3n) is 5.26. The van der Waals surface area contributed by atoms with Crippen LogP contribution in [0.1, 0.15) is 20.7 Å². The van der Waals surface area contributed by atoms with Crippen LogP contribution in [0.4, 0.5) is 0 Å². The van der Waals surface area contributed by atoms with E-state index in [2.05, 4.69) is 0 Å². The van der Waals surface area contributed by atoms with Crippen molar-refractivity contribution < 1.29 is 23.9 Å². The van der Waals surface area contributed by atoms with E-state index >= 15 is 0 Å². The number of nitrogens with zero attached hydrogens (tertiary/aromatic N) is 3.